The minimum Gasteiger partial charge on any atom is -0.506 e. The minimum atomic E-state index is -1.91. The number of benzene rings is 6. The van der Waals surface area contributed by atoms with Crippen molar-refractivity contribution in [2.24, 2.45) is 0 Å². The van der Waals surface area contributed by atoms with Gasteiger partial charge in [-0.05, 0) is 132 Å². The van der Waals surface area contributed by atoms with Crippen LogP contribution in [0.25, 0.3) is 66.5 Å². The van der Waals surface area contributed by atoms with Crippen LogP contribution >= 0.6 is 0 Å². The summed E-state index contributed by atoms with van der Waals surface area (Å²) in [7, 11) is -1.91. The van der Waals surface area contributed by atoms with Gasteiger partial charge in [0.25, 0.3) is 0 Å². The molecule has 0 amide bonds. The molecular formula is C72H91F3N6O7Si. The first-order chi connectivity index (χ1) is 42.8. The number of aliphatic hydroxyl groups excluding tert-OH is 3. The van der Waals surface area contributed by atoms with E-state index in [1.54, 1.807) is 18.2 Å². The van der Waals surface area contributed by atoms with Crippen molar-refractivity contribution >= 4 is 58.1 Å². The summed E-state index contributed by atoms with van der Waals surface area (Å²) in [5.74, 6) is 1.31. The molecule has 0 radical (unpaired) electrons. The Kier molecular flexibility index (Phi) is 27.0. The largest absolute Gasteiger partial charge is 0.506 e. The molecule has 0 bridgehead atoms. The van der Waals surface area contributed by atoms with Gasteiger partial charge in [-0.3, -0.25) is 0 Å². The lowest BCUT2D eigenvalue weighted by atomic mass is 10.1. The Hall–Kier alpha value is -7.80. The van der Waals surface area contributed by atoms with Crippen molar-refractivity contribution in [3.8, 4) is 51.0 Å². The van der Waals surface area contributed by atoms with Crippen LogP contribution in [0.4, 0.5) is 30.2 Å². The molecule has 0 spiro atoms. The van der Waals surface area contributed by atoms with Gasteiger partial charge >= 0.3 is 0 Å². The monoisotopic (exact) mass is 1240 g/mol. The Morgan fingerprint density at radius 2 is 0.775 bits per heavy atom. The number of anilines is 3. The van der Waals surface area contributed by atoms with Crippen LogP contribution < -0.4 is 24.2 Å². The fraction of sp³-hybridized carbons (Fsp3) is 0.375. The molecule has 17 heteroatoms. The van der Waals surface area contributed by atoms with Crippen LogP contribution in [0.2, 0.25) is 18.1 Å². The summed E-state index contributed by atoms with van der Waals surface area (Å²) >= 11 is 0. The molecule has 3 atom stereocenters. The number of halogens is 3. The van der Waals surface area contributed by atoms with Crippen molar-refractivity contribution < 1.29 is 47.5 Å². The second-order valence-corrected chi connectivity index (χ2v) is 27.6. The van der Waals surface area contributed by atoms with Gasteiger partial charge in [-0.1, -0.05) is 112 Å². The number of phenolic OH excluding ortho intramolecular Hbond substituents is 1. The third-order valence-corrected chi connectivity index (χ3v) is 20.3. The van der Waals surface area contributed by atoms with Crippen LogP contribution in [0, 0.1) is 0 Å². The van der Waals surface area contributed by atoms with E-state index >= 15 is 0 Å². The lowest BCUT2D eigenvalue weighted by molar-refractivity contribution is 0.0815. The second kappa shape index (κ2) is 34.2. The molecule has 13 nitrogen and oxygen atoms in total. The molecule has 0 aliphatic rings. The highest BCUT2D eigenvalue weighted by atomic mass is 28.4. The standard InChI is InChI=1S/2C22H25FN2O2.C19H20N2O.C9H21FO2Si/c2*1-3-25(4-2)18-11-8-16(9-12-18)20-13-10-17-6-5-7-21(22(17)24-20)27-15-19(26)14-23;1-3-21(4-2)16-11-8-14(9-12-16)17-13-10-15-6-5-7-18(22)19(15)20-17;1-9(2,3)13(4,5)12-8(6-10)7-11/h2*5-13,19,26H,3-4,14-15H2,1-2H3;5-13,22H,3-4H2,1-2H3;8,11H,6-7H2,1-5H3. The number of hydrogen-bond acceptors (Lipinski definition) is 13. The van der Waals surface area contributed by atoms with Gasteiger partial charge in [-0.2, -0.15) is 0 Å². The van der Waals surface area contributed by atoms with E-state index in [9.17, 15) is 28.5 Å². The highest BCUT2D eigenvalue weighted by molar-refractivity contribution is 6.74. The first-order valence-electron chi connectivity index (χ1n) is 30.8. The Morgan fingerprint density at radius 1 is 0.449 bits per heavy atom. The van der Waals surface area contributed by atoms with Gasteiger partial charge in [0.2, 0.25) is 0 Å². The zero-order valence-corrected chi connectivity index (χ0v) is 54.6. The average molecular weight is 1240 g/mol. The third kappa shape index (κ3) is 19.3. The Balaban J connectivity index is 0.000000195. The first-order valence-corrected chi connectivity index (χ1v) is 33.7. The van der Waals surface area contributed by atoms with Crippen molar-refractivity contribution in [1.29, 1.82) is 0 Å². The Morgan fingerprint density at radius 3 is 1.08 bits per heavy atom. The lowest BCUT2D eigenvalue weighted by Crippen LogP contribution is -2.45. The average Bonchev–Trinajstić information content (AvgIpc) is 1.57. The molecule has 4 N–H and O–H groups in total. The molecule has 0 aliphatic heterocycles. The molecule has 3 aromatic heterocycles. The zero-order chi connectivity index (χ0) is 64.7. The fourth-order valence-electron chi connectivity index (χ4n) is 9.55. The number of fused-ring (bicyclic) bond motifs is 3. The summed E-state index contributed by atoms with van der Waals surface area (Å²) < 4.78 is 54.1. The van der Waals surface area contributed by atoms with Gasteiger partial charge < -0.3 is 49.0 Å². The van der Waals surface area contributed by atoms with Crippen LogP contribution in [0.5, 0.6) is 17.2 Å². The third-order valence-electron chi connectivity index (χ3n) is 15.8. The highest BCUT2D eigenvalue weighted by Crippen LogP contribution is 2.38. The topological polar surface area (TPSA) is 157 Å². The lowest BCUT2D eigenvalue weighted by Gasteiger charge is -2.38. The first kappa shape index (κ1) is 70.3. The molecule has 89 heavy (non-hydrogen) atoms. The van der Waals surface area contributed by atoms with Crippen molar-refractivity contribution in [1.82, 2.24) is 15.0 Å². The van der Waals surface area contributed by atoms with E-state index in [2.05, 4.69) is 155 Å². The molecule has 6 aromatic carbocycles. The zero-order valence-electron chi connectivity index (χ0n) is 53.6. The SMILES string of the molecule is CC(C)(C)[Si](C)(C)OC(CO)CF.CCN(CC)c1ccc(-c2ccc3cccc(O)c3n2)cc1.CCN(CC)c1ccc(-c2ccc3cccc(OCC(O)CF)c3n2)cc1.CCN(CC)c1ccc(-c2ccc3cccc(OCC(O)CF)c3n2)cc1. The van der Waals surface area contributed by atoms with E-state index in [0.717, 1.165) is 89.2 Å². The maximum absolute atomic E-state index is 12.5. The Bertz CT molecular complexity index is 3410. The molecule has 3 heterocycles. The van der Waals surface area contributed by atoms with E-state index < -0.39 is 46.7 Å². The van der Waals surface area contributed by atoms with Crippen LogP contribution in [0.15, 0.2) is 164 Å². The molecule has 9 rings (SSSR count). The maximum Gasteiger partial charge on any atom is 0.192 e. The molecule has 0 aliphatic carbocycles. The van der Waals surface area contributed by atoms with Crippen LogP contribution in [0.3, 0.4) is 0 Å². The number of para-hydroxylation sites is 3. The van der Waals surface area contributed by atoms with E-state index in [1.165, 1.54) is 17.1 Å². The van der Waals surface area contributed by atoms with Gasteiger partial charge in [0.05, 0.1) is 29.8 Å². The number of alkyl halides is 3. The number of rotatable bonds is 24. The smallest absolute Gasteiger partial charge is 0.192 e. The van der Waals surface area contributed by atoms with Crippen molar-refractivity contribution in [3.05, 3.63) is 164 Å². The van der Waals surface area contributed by atoms with Gasteiger partial charge in [0, 0.05) is 89.2 Å². The summed E-state index contributed by atoms with van der Waals surface area (Å²) in [5, 5.41) is 40.5. The van der Waals surface area contributed by atoms with Crippen molar-refractivity contribution in [2.75, 3.05) is 93.8 Å². The number of nitrogens with zero attached hydrogens (tertiary/aromatic N) is 6. The van der Waals surface area contributed by atoms with Gasteiger partial charge in [-0.25, -0.2) is 28.1 Å². The summed E-state index contributed by atoms with van der Waals surface area (Å²) in [6.45, 7) is 26.4. The van der Waals surface area contributed by atoms with E-state index in [0.29, 0.717) is 28.0 Å². The van der Waals surface area contributed by atoms with Gasteiger partial charge in [-0.15, -0.1) is 0 Å². The van der Waals surface area contributed by atoms with Crippen LogP contribution in [-0.2, 0) is 4.43 Å². The number of hydrogen-bond donors (Lipinski definition) is 4. The van der Waals surface area contributed by atoms with Crippen LogP contribution in [0.1, 0.15) is 62.3 Å². The highest BCUT2D eigenvalue weighted by Gasteiger charge is 2.39. The van der Waals surface area contributed by atoms with E-state index in [4.69, 9.17) is 29.0 Å². The van der Waals surface area contributed by atoms with E-state index in [1.807, 2.05) is 85.9 Å². The summed E-state index contributed by atoms with van der Waals surface area (Å²) in [6.07, 6.45) is -2.90. The summed E-state index contributed by atoms with van der Waals surface area (Å²) in [4.78, 5) is 21.0. The maximum atomic E-state index is 12.5. The van der Waals surface area contributed by atoms with Crippen molar-refractivity contribution in [2.45, 2.75) is 98.8 Å². The minimum absolute atomic E-state index is 0.0651. The normalized spacial score (nSPS) is 12.4. The molecule has 9 aromatic rings. The number of aromatic nitrogens is 3. The van der Waals surface area contributed by atoms with Gasteiger partial charge in [0.1, 0.15) is 79.2 Å². The van der Waals surface area contributed by atoms with Gasteiger partial charge in [0.15, 0.2) is 8.32 Å². The number of pyridine rings is 3. The molecule has 0 saturated heterocycles. The molecule has 3 unspecified atom stereocenters. The van der Waals surface area contributed by atoms with E-state index in [-0.39, 0.29) is 30.6 Å². The molecular weight excluding hydrogens is 1150 g/mol. The predicted molar refractivity (Wildman–Crippen MR) is 364 cm³/mol. The molecule has 476 valence electrons. The summed E-state index contributed by atoms with van der Waals surface area (Å²) in [6, 6.07) is 53.7. The number of ether oxygens (including phenoxy) is 2. The number of phenols is 1. The summed E-state index contributed by atoms with van der Waals surface area (Å²) in [5.41, 5.74) is 11.3. The number of aromatic hydroxyl groups is 1. The van der Waals surface area contributed by atoms with Crippen LogP contribution in [-0.4, -0.2) is 141 Å². The predicted octanol–water partition coefficient (Wildman–Crippen LogP) is 15.7. The quantitative estimate of drug-likeness (QED) is 0.0424. The number of aliphatic hydroxyl groups is 3. The molecule has 0 fully saturated rings. The fourth-order valence-corrected chi connectivity index (χ4v) is 10.9. The Labute approximate surface area is 525 Å². The second-order valence-electron chi connectivity index (χ2n) is 22.8. The van der Waals surface area contributed by atoms with Crippen molar-refractivity contribution in [3.63, 3.8) is 0 Å². The molecule has 0 saturated carbocycles.